The Bertz CT molecular complexity index is 358. The van der Waals surface area contributed by atoms with Gasteiger partial charge in [0.1, 0.15) is 5.54 Å². The predicted molar refractivity (Wildman–Crippen MR) is 85.0 cm³/mol. The first kappa shape index (κ1) is 16.7. The van der Waals surface area contributed by atoms with Crippen molar-refractivity contribution < 1.29 is 4.74 Å². The molecule has 1 heterocycles. The van der Waals surface area contributed by atoms with Crippen molar-refractivity contribution in [3.05, 3.63) is 0 Å². The number of hydrogen-bond acceptors (Lipinski definition) is 4. The van der Waals surface area contributed by atoms with Crippen molar-refractivity contribution in [2.24, 2.45) is 5.92 Å². The van der Waals surface area contributed by atoms with Gasteiger partial charge in [-0.1, -0.05) is 13.3 Å². The lowest BCUT2D eigenvalue weighted by Crippen LogP contribution is -2.50. The highest BCUT2D eigenvalue weighted by Gasteiger charge is 2.42. The van der Waals surface area contributed by atoms with Crippen molar-refractivity contribution in [3.63, 3.8) is 0 Å². The molecule has 0 amide bonds. The molecule has 0 bridgehead atoms. The summed E-state index contributed by atoms with van der Waals surface area (Å²) < 4.78 is 5.80. The fourth-order valence-electron chi connectivity index (χ4n) is 4.04. The van der Waals surface area contributed by atoms with Crippen LogP contribution in [-0.2, 0) is 4.74 Å². The first-order chi connectivity index (χ1) is 10.1. The number of ether oxygens (including phenoxy) is 1. The van der Waals surface area contributed by atoms with Gasteiger partial charge in [-0.3, -0.25) is 10.2 Å². The van der Waals surface area contributed by atoms with E-state index in [0.29, 0.717) is 18.1 Å². The summed E-state index contributed by atoms with van der Waals surface area (Å²) in [7, 11) is 0. The first-order valence-corrected chi connectivity index (χ1v) is 8.63. The van der Waals surface area contributed by atoms with Crippen molar-refractivity contribution in [1.29, 1.82) is 5.26 Å². The molecule has 1 saturated heterocycles. The Morgan fingerprint density at radius 3 is 2.67 bits per heavy atom. The second-order valence-corrected chi connectivity index (χ2v) is 6.90. The lowest BCUT2D eigenvalue weighted by Gasteiger charge is -2.37. The average molecular weight is 293 g/mol. The van der Waals surface area contributed by atoms with E-state index in [9.17, 15) is 5.26 Å². The minimum Gasteiger partial charge on any atom is -0.373 e. The summed E-state index contributed by atoms with van der Waals surface area (Å²) in [6.45, 7) is 10.6. The van der Waals surface area contributed by atoms with Crippen LogP contribution in [0.25, 0.3) is 0 Å². The van der Waals surface area contributed by atoms with E-state index in [-0.39, 0.29) is 5.54 Å². The largest absolute Gasteiger partial charge is 0.373 e. The number of hydrogen-bond donors (Lipinski definition) is 1. The molecule has 120 valence electrons. The van der Waals surface area contributed by atoms with Crippen molar-refractivity contribution in [2.45, 2.75) is 70.6 Å². The Hall–Kier alpha value is -0.630. The van der Waals surface area contributed by atoms with Crippen LogP contribution in [0.4, 0.5) is 0 Å². The number of rotatable bonds is 6. The van der Waals surface area contributed by atoms with Crippen LogP contribution in [-0.4, -0.2) is 48.8 Å². The van der Waals surface area contributed by atoms with Gasteiger partial charge in [-0.15, -0.1) is 0 Å². The van der Waals surface area contributed by atoms with Crippen LogP contribution in [0.5, 0.6) is 0 Å². The van der Waals surface area contributed by atoms with Gasteiger partial charge < -0.3 is 4.74 Å². The zero-order valence-corrected chi connectivity index (χ0v) is 13.9. The molecule has 21 heavy (non-hydrogen) atoms. The van der Waals surface area contributed by atoms with Gasteiger partial charge in [0.25, 0.3) is 0 Å². The van der Waals surface area contributed by atoms with E-state index >= 15 is 0 Å². The molecule has 0 radical (unpaired) electrons. The van der Waals surface area contributed by atoms with Gasteiger partial charge in [0.15, 0.2) is 0 Å². The Kier molecular flexibility index (Phi) is 6.04. The van der Waals surface area contributed by atoms with Gasteiger partial charge in [0, 0.05) is 13.1 Å². The van der Waals surface area contributed by atoms with E-state index < -0.39 is 0 Å². The maximum Gasteiger partial charge on any atom is 0.109 e. The minimum atomic E-state index is -0.264. The third kappa shape index (κ3) is 4.18. The van der Waals surface area contributed by atoms with Crippen LogP contribution in [0.15, 0.2) is 0 Å². The SMILES string of the molecule is CCCNC1(C#N)CCCC1CCN1C[C@@H](C)O[C@@H](C)C1. The van der Waals surface area contributed by atoms with E-state index in [1.54, 1.807) is 0 Å². The van der Waals surface area contributed by atoms with Crippen LogP contribution in [0, 0.1) is 17.2 Å². The van der Waals surface area contributed by atoms with Crippen LogP contribution in [0.2, 0.25) is 0 Å². The van der Waals surface area contributed by atoms with Crippen molar-refractivity contribution >= 4 is 0 Å². The summed E-state index contributed by atoms with van der Waals surface area (Å²) in [5, 5.41) is 13.2. The summed E-state index contributed by atoms with van der Waals surface area (Å²) in [5.41, 5.74) is -0.264. The molecule has 0 spiro atoms. The molecule has 1 N–H and O–H groups in total. The summed E-state index contributed by atoms with van der Waals surface area (Å²) >= 11 is 0. The highest BCUT2D eigenvalue weighted by Crippen LogP contribution is 2.37. The Morgan fingerprint density at radius 2 is 2.05 bits per heavy atom. The number of morpholine rings is 1. The third-order valence-corrected chi connectivity index (χ3v) is 5.00. The van der Waals surface area contributed by atoms with Crippen molar-refractivity contribution in [2.75, 3.05) is 26.2 Å². The molecule has 0 aromatic heterocycles. The fraction of sp³-hybridized carbons (Fsp3) is 0.941. The number of nitrogens with zero attached hydrogens (tertiary/aromatic N) is 2. The van der Waals surface area contributed by atoms with Crippen LogP contribution in [0.1, 0.15) is 52.9 Å². The van der Waals surface area contributed by atoms with Crippen LogP contribution < -0.4 is 5.32 Å². The van der Waals surface area contributed by atoms with E-state index in [4.69, 9.17) is 4.74 Å². The molecule has 1 aliphatic carbocycles. The molecule has 2 rings (SSSR count). The molecule has 4 heteroatoms. The Balaban J connectivity index is 1.87. The molecular weight excluding hydrogens is 262 g/mol. The molecule has 4 nitrogen and oxygen atoms in total. The van der Waals surface area contributed by atoms with Gasteiger partial charge in [-0.25, -0.2) is 0 Å². The summed E-state index contributed by atoms with van der Waals surface area (Å²) in [4.78, 5) is 2.51. The van der Waals surface area contributed by atoms with E-state index in [1.165, 1.54) is 12.8 Å². The maximum atomic E-state index is 9.69. The number of nitriles is 1. The summed E-state index contributed by atoms with van der Waals surface area (Å²) in [6, 6.07) is 2.61. The first-order valence-electron chi connectivity index (χ1n) is 8.63. The molecule has 1 saturated carbocycles. The van der Waals surface area contributed by atoms with Gasteiger partial charge in [0.2, 0.25) is 0 Å². The van der Waals surface area contributed by atoms with Gasteiger partial charge in [-0.2, -0.15) is 5.26 Å². The highest BCUT2D eigenvalue weighted by atomic mass is 16.5. The quantitative estimate of drug-likeness (QED) is 0.817. The molecule has 1 aliphatic heterocycles. The maximum absolute atomic E-state index is 9.69. The predicted octanol–water partition coefficient (Wildman–Crippen LogP) is 2.55. The Morgan fingerprint density at radius 1 is 1.33 bits per heavy atom. The lowest BCUT2D eigenvalue weighted by atomic mass is 9.85. The Labute approximate surface area is 129 Å². The van der Waals surface area contributed by atoms with Gasteiger partial charge in [-0.05, 0) is 58.5 Å². The second-order valence-electron chi connectivity index (χ2n) is 6.90. The molecular formula is C17H31N3O. The zero-order chi connectivity index (χ0) is 15.3. The van der Waals surface area contributed by atoms with E-state index in [0.717, 1.165) is 45.4 Å². The minimum absolute atomic E-state index is 0.264. The van der Waals surface area contributed by atoms with Crippen molar-refractivity contribution in [1.82, 2.24) is 10.2 Å². The summed E-state index contributed by atoms with van der Waals surface area (Å²) in [6.07, 6.45) is 6.28. The standard InChI is InChI=1S/C17H31N3O/c1-4-9-19-17(13-18)8-5-6-16(17)7-10-20-11-14(2)21-15(3)12-20/h14-16,19H,4-12H2,1-3H3/t14-,15+,16?,17?. The van der Waals surface area contributed by atoms with Crippen LogP contribution >= 0.6 is 0 Å². The average Bonchev–Trinajstić information content (AvgIpc) is 2.85. The molecule has 2 aliphatic rings. The third-order valence-electron chi connectivity index (χ3n) is 5.00. The topological polar surface area (TPSA) is 48.3 Å². The molecule has 2 unspecified atom stereocenters. The van der Waals surface area contributed by atoms with E-state index in [1.807, 2.05) is 0 Å². The molecule has 0 aromatic carbocycles. The van der Waals surface area contributed by atoms with E-state index in [2.05, 4.69) is 37.1 Å². The lowest BCUT2D eigenvalue weighted by molar-refractivity contribution is -0.0692. The van der Waals surface area contributed by atoms with Crippen LogP contribution in [0.3, 0.4) is 0 Å². The summed E-state index contributed by atoms with van der Waals surface area (Å²) in [5.74, 6) is 0.502. The molecule has 4 atom stereocenters. The monoisotopic (exact) mass is 293 g/mol. The smallest absolute Gasteiger partial charge is 0.109 e. The van der Waals surface area contributed by atoms with Gasteiger partial charge in [0.05, 0.1) is 18.3 Å². The fourth-order valence-corrected chi connectivity index (χ4v) is 4.04. The van der Waals surface area contributed by atoms with Gasteiger partial charge >= 0.3 is 0 Å². The highest BCUT2D eigenvalue weighted by molar-refractivity contribution is 5.14. The number of nitrogens with one attached hydrogen (secondary N) is 1. The van der Waals surface area contributed by atoms with Crippen molar-refractivity contribution in [3.8, 4) is 6.07 Å². The normalized spacial score (nSPS) is 37.5. The molecule has 0 aromatic rings. The zero-order valence-electron chi connectivity index (χ0n) is 13.9. The molecule has 2 fully saturated rings. The second kappa shape index (κ2) is 7.58.